The Kier molecular flexibility index (Phi) is 12.2. The van der Waals surface area contributed by atoms with E-state index in [0.717, 1.165) is 33.0 Å². The zero-order chi connectivity index (χ0) is 41.6. The number of hydrogen-bond acceptors (Lipinski definition) is 9. The number of anilines is 2. The normalized spacial score (nSPS) is 15.1. The first kappa shape index (κ1) is 40.5. The van der Waals surface area contributed by atoms with E-state index in [1.807, 2.05) is 30.3 Å². The summed E-state index contributed by atoms with van der Waals surface area (Å²) in [5.41, 5.74) is 6.49. The Labute approximate surface area is 342 Å². The molecule has 304 valence electrons. The molecule has 59 heavy (non-hydrogen) atoms. The van der Waals surface area contributed by atoms with Gasteiger partial charge in [0.2, 0.25) is 11.8 Å². The molecule has 1 aliphatic carbocycles. The van der Waals surface area contributed by atoms with Gasteiger partial charge < -0.3 is 40.0 Å². The number of hydrogen-bond donors (Lipinski definition) is 3. The number of nitrogens with one attached hydrogen (secondary N) is 3. The van der Waals surface area contributed by atoms with Crippen molar-refractivity contribution in [1.82, 2.24) is 16.0 Å². The molecule has 0 saturated heterocycles. The first-order valence-corrected chi connectivity index (χ1v) is 19.6. The van der Waals surface area contributed by atoms with Crippen LogP contribution in [0.1, 0.15) is 52.7 Å². The van der Waals surface area contributed by atoms with Gasteiger partial charge in [-0.25, -0.2) is 9.59 Å². The molecule has 1 aliphatic heterocycles. The summed E-state index contributed by atoms with van der Waals surface area (Å²) in [5.74, 6) is -1.17. The highest BCUT2D eigenvalue weighted by atomic mass is 16.5. The molecule has 1 heterocycles. The highest BCUT2D eigenvalue weighted by Crippen LogP contribution is 2.44. The molecule has 0 unspecified atom stereocenters. The van der Waals surface area contributed by atoms with Crippen LogP contribution in [0.15, 0.2) is 103 Å². The smallest absolute Gasteiger partial charge is 0.407 e. The number of methoxy groups -OCH3 is 2. The number of carbonyl (C=O) groups is 5. The van der Waals surface area contributed by atoms with Gasteiger partial charge in [-0.1, -0.05) is 72.8 Å². The number of benzene rings is 5. The highest BCUT2D eigenvalue weighted by Gasteiger charge is 2.38. The summed E-state index contributed by atoms with van der Waals surface area (Å²) in [5, 5.41) is 10.0. The average molecular weight is 798 g/mol. The van der Waals surface area contributed by atoms with Gasteiger partial charge in [0, 0.05) is 24.4 Å². The fraction of sp³-hybridized carbons (Fsp3) is 0.283. The molecular formula is C46H47N5O8. The number of carbonyl (C=O) groups excluding carboxylic acids is 5. The van der Waals surface area contributed by atoms with Crippen molar-refractivity contribution in [2.24, 2.45) is 0 Å². The Morgan fingerprint density at radius 1 is 0.847 bits per heavy atom. The number of ether oxygens (including phenoxy) is 3. The lowest BCUT2D eigenvalue weighted by molar-refractivity contribution is -0.128. The van der Waals surface area contributed by atoms with E-state index >= 15 is 0 Å². The van der Waals surface area contributed by atoms with Crippen LogP contribution in [0.4, 0.5) is 16.2 Å². The SMILES string of the molecule is CN[C@@H](C)C(=O)N[C@H]1CN(C(=O)CCCNC(=O)OCC2c3ccccc3-c3ccccc32)c2ccccc2N(Cc2c(OC)ccc3cc(C(=O)OC)ccc23)C1=O. The second-order valence-electron chi connectivity index (χ2n) is 14.5. The maximum atomic E-state index is 14.7. The molecule has 5 aromatic rings. The molecule has 13 nitrogen and oxygen atoms in total. The standard InChI is InChI=1S/C46H47N5O8/c1-28(47-2)43(53)49-38-26-50(42(52)18-11-23-48-46(56)59-27-37-34-14-7-5-12-32(34)33-13-6-8-15-35(33)37)39-16-9-10-17-40(39)51(44(38)54)25-36-31-21-19-30(45(55)58-4)24-29(31)20-22-41(36)57-3/h5-10,12-17,19-22,24,28,37-38,47H,11,18,23,25-27H2,1-4H3,(H,48,56)(H,49,53)/t28-,38-/m0/s1. The summed E-state index contributed by atoms with van der Waals surface area (Å²) in [4.78, 5) is 70.4. The second-order valence-corrected chi connectivity index (χ2v) is 14.5. The van der Waals surface area contributed by atoms with Crippen LogP contribution in [0.25, 0.3) is 21.9 Å². The van der Waals surface area contributed by atoms with Crippen LogP contribution in [0.5, 0.6) is 5.75 Å². The zero-order valence-corrected chi connectivity index (χ0v) is 33.5. The first-order valence-electron chi connectivity index (χ1n) is 19.6. The fourth-order valence-corrected chi connectivity index (χ4v) is 7.87. The second kappa shape index (κ2) is 17.8. The Bertz CT molecular complexity index is 2370. The largest absolute Gasteiger partial charge is 0.496 e. The number of esters is 1. The van der Waals surface area contributed by atoms with E-state index in [4.69, 9.17) is 14.2 Å². The summed E-state index contributed by atoms with van der Waals surface area (Å²) in [6.45, 7) is 1.93. The number of rotatable bonds is 13. The minimum absolute atomic E-state index is 0.0218. The van der Waals surface area contributed by atoms with Crippen molar-refractivity contribution in [2.75, 3.05) is 50.8 Å². The van der Waals surface area contributed by atoms with Gasteiger partial charge in [0.05, 0.1) is 50.3 Å². The molecule has 0 saturated carbocycles. The third-order valence-corrected chi connectivity index (χ3v) is 11.1. The van der Waals surface area contributed by atoms with E-state index in [0.29, 0.717) is 34.7 Å². The van der Waals surface area contributed by atoms with Gasteiger partial charge in [-0.15, -0.1) is 0 Å². The molecule has 2 atom stereocenters. The quantitative estimate of drug-likeness (QED) is 0.0972. The lowest BCUT2D eigenvalue weighted by atomic mass is 9.98. The molecule has 3 N–H and O–H groups in total. The number of nitrogens with zero attached hydrogens (tertiary/aromatic N) is 2. The Morgan fingerprint density at radius 3 is 2.20 bits per heavy atom. The van der Waals surface area contributed by atoms with Crippen LogP contribution >= 0.6 is 0 Å². The third kappa shape index (κ3) is 8.33. The topological polar surface area (TPSA) is 156 Å². The van der Waals surface area contributed by atoms with Crippen LogP contribution in [-0.4, -0.2) is 82.8 Å². The lowest BCUT2D eigenvalue weighted by Crippen LogP contribution is -2.55. The Balaban J connectivity index is 1.09. The molecule has 2 aliphatic rings. The molecule has 0 spiro atoms. The maximum absolute atomic E-state index is 14.7. The number of amides is 4. The van der Waals surface area contributed by atoms with Crippen LogP contribution in [0.2, 0.25) is 0 Å². The number of fused-ring (bicyclic) bond motifs is 5. The van der Waals surface area contributed by atoms with E-state index in [1.54, 1.807) is 67.4 Å². The molecular weight excluding hydrogens is 751 g/mol. The molecule has 0 aromatic heterocycles. The minimum Gasteiger partial charge on any atom is -0.496 e. The van der Waals surface area contributed by atoms with Crippen molar-refractivity contribution in [3.63, 3.8) is 0 Å². The van der Waals surface area contributed by atoms with E-state index in [2.05, 4.69) is 40.2 Å². The van der Waals surface area contributed by atoms with E-state index < -0.39 is 36.0 Å². The average Bonchev–Trinajstić information content (AvgIpc) is 3.53. The summed E-state index contributed by atoms with van der Waals surface area (Å²) in [7, 11) is 4.50. The number of likely N-dealkylation sites (N-methyl/N-ethyl adjacent to an activating group) is 1. The van der Waals surface area contributed by atoms with E-state index in [1.165, 1.54) is 19.1 Å². The number of alkyl carbamates (subject to hydrolysis) is 1. The van der Waals surface area contributed by atoms with Gasteiger partial charge in [-0.2, -0.15) is 0 Å². The molecule has 7 rings (SSSR count). The van der Waals surface area contributed by atoms with Crippen LogP contribution in [0, 0.1) is 0 Å². The Morgan fingerprint density at radius 2 is 1.53 bits per heavy atom. The predicted molar refractivity (Wildman–Crippen MR) is 225 cm³/mol. The summed E-state index contributed by atoms with van der Waals surface area (Å²) >= 11 is 0. The molecule has 13 heteroatoms. The molecule has 0 bridgehead atoms. The van der Waals surface area contributed by atoms with Gasteiger partial charge in [0.25, 0.3) is 5.91 Å². The van der Waals surface area contributed by atoms with Gasteiger partial charge in [0.15, 0.2) is 0 Å². The van der Waals surface area contributed by atoms with Gasteiger partial charge in [-0.05, 0) is 83.8 Å². The minimum atomic E-state index is -1.11. The van der Waals surface area contributed by atoms with Crippen molar-refractivity contribution < 1.29 is 38.2 Å². The molecule has 4 amide bonds. The summed E-state index contributed by atoms with van der Waals surface area (Å²) < 4.78 is 16.4. The fourth-order valence-electron chi connectivity index (χ4n) is 7.87. The predicted octanol–water partition coefficient (Wildman–Crippen LogP) is 5.93. The van der Waals surface area contributed by atoms with Crippen molar-refractivity contribution >= 4 is 51.9 Å². The zero-order valence-electron chi connectivity index (χ0n) is 33.5. The number of para-hydroxylation sites is 2. The van der Waals surface area contributed by atoms with Crippen molar-refractivity contribution in [1.29, 1.82) is 0 Å². The first-order chi connectivity index (χ1) is 28.6. The maximum Gasteiger partial charge on any atom is 0.407 e. The summed E-state index contributed by atoms with van der Waals surface area (Å²) in [6, 6.07) is 30.4. The Hall–Kier alpha value is -6.73. The molecule has 5 aromatic carbocycles. The lowest BCUT2D eigenvalue weighted by Gasteiger charge is -2.27. The van der Waals surface area contributed by atoms with Crippen LogP contribution in [0.3, 0.4) is 0 Å². The van der Waals surface area contributed by atoms with E-state index in [9.17, 15) is 24.0 Å². The molecule has 0 fully saturated rings. The highest BCUT2D eigenvalue weighted by molar-refractivity contribution is 6.08. The van der Waals surface area contributed by atoms with E-state index in [-0.39, 0.29) is 44.5 Å². The molecule has 0 radical (unpaired) electrons. The third-order valence-electron chi connectivity index (χ3n) is 11.1. The van der Waals surface area contributed by atoms with Gasteiger partial charge >= 0.3 is 12.1 Å². The van der Waals surface area contributed by atoms with Gasteiger partial charge in [-0.3, -0.25) is 14.4 Å². The van der Waals surface area contributed by atoms with Crippen molar-refractivity contribution in [3.8, 4) is 16.9 Å². The van der Waals surface area contributed by atoms with Crippen LogP contribution < -0.4 is 30.5 Å². The van der Waals surface area contributed by atoms with Crippen molar-refractivity contribution in [2.45, 2.75) is 44.3 Å². The van der Waals surface area contributed by atoms with Crippen molar-refractivity contribution in [3.05, 3.63) is 125 Å². The summed E-state index contributed by atoms with van der Waals surface area (Å²) in [6.07, 6.45) is -0.236. The van der Waals surface area contributed by atoms with Crippen LogP contribution in [-0.2, 0) is 30.4 Å². The van der Waals surface area contributed by atoms with Gasteiger partial charge in [0.1, 0.15) is 18.4 Å². The monoisotopic (exact) mass is 797 g/mol.